The van der Waals surface area contributed by atoms with E-state index in [1.807, 2.05) is 6.92 Å². The SMILES string of the molecule is C=C(C)COC(C)Nc1cccc(C(=O)O)c1O. The van der Waals surface area contributed by atoms with Crippen LogP contribution in [0.3, 0.4) is 0 Å². The second-order valence-electron chi connectivity index (χ2n) is 4.06. The Hall–Kier alpha value is -2.01. The minimum absolute atomic E-state index is 0.146. The Morgan fingerprint density at radius 3 is 2.78 bits per heavy atom. The fourth-order valence-corrected chi connectivity index (χ4v) is 1.36. The van der Waals surface area contributed by atoms with Crippen molar-refractivity contribution in [2.75, 3.05) is 11.9 Å². The first-order valence-electron chi connectivity index (χ1n) is 5.49. The Morgan fingerprint density at radius 1 is 1.56 bits per heavy atom. The van der Waals surface area contributed by atoms with Gasteiger partial charge >= 0.3 is 5.97 Å². The largest absolute Gasteiger partial charge is 0.505 e. The summed E-state index contributed by atoms with van der Waals surface area (Å²) in [6.45, 7) is 7.71. The van der Waals surface area contributed by atoms with Gasteiger partial charge in [-0.3, -0.25) is 0 Å². The second kappa shape index (κ2) is 6.07. The monoisotopic (exact) mass is 251 g/mol. The van der Waals surface area contributed by atoms with Crippen molar-refractivity contribution >= 4 is 11.7 Å². The van der Waals surface area contributed by atoms with E-state index in [1.54, 1.807) is 19.1 Å². The maximum atomic E-state index is 10.8. The molecule has 0 radical (unpaired) electrons. The summed E-state index contributed by atoms with van der Waals surface area (Å²) in [5.74, 6) is -1.47. The summed E-state index contributed by atoms with van der Waals surface area (Å²) < 4.78 is 5.39. The average Bonchev–Trinajstić information content (AvgIpc) is 2.29. The molecule has 98 valence electrons. The summed E-state index contributed by atoms with van der Waals surface area (Å²) in [5.41, 5.74) is 1.06. The first kappa shape index (κ1) is 14.1. The van der Waals surface area contributed by atoms with E-state index in [2.05, 4.69) is 11.9 Å². The van der Waals surface area contributed by atoms with Crippen molar-refractivity contribution in [2.24, 2.45) is 0 Å². The molecule has 1 atom stereocenters. The van der Waals surface area contributed by atoms with Gasteiger partial charge in [0.1, 0.15) is 11.8 Å². The predicted molar refractivity (Wildman–Crippen MR) is 68.9 cm³/mol. The van der Waals surface area contributed by atoms with Gasteiger partial charge in [-0.1, -0.05) is 18.2 Å². The molecule has 5 nitrogen and oxygen atoms in total. The highest BCUT2D eigenvalue weighted by molar-refractivity contribution is 5.93. The predicted octanol–water partition coefficient (Wildman–Crippen LogP) is 2.44. The summed E-state index contributed by atoms with van der Waals surface area (Å²) in [4.78, 5) is 10.8. The van der Waals surface area contributed by atoms with Gasteiger partial charge in [-0.05, 0) is 26.0 Å². The molecule has 3 N–H and O–H groups in total. The first-order valence-corrected chi connectivity index (χ1v) is 5.49. The van der Waals surface area contributed by atoms with Crippen LogP contribution in [0, 0.1) is 0 Å². The molecule has 0 aliphatic rings. The van der Waals surface area contributed by atoms with Crippen LogP contribution in [0.5, 0.6) is 5.75 Å². The van der Waals surface area contributed by atoms with Crippen LogP contribution in [0.25, 0.3) is 0 Å². The molecule has 1 unspecified atom stereocenters. The van der Waals surface area contributed by atoms with Crippen molar-refractivity contribution in [1.29, 1.82) is 0 Å². The van der Waals surface area contributed by atoms with Crippen molar-refractivity contribution in [3.63, 3.8) is 0 Å². The van der Waals surface area contributed by atoms with Crippen molar-refractivity contribution < 1.29 is 19.7 Å². The number of anilines is 1. The van der Waals surface area contributed by atoms with Crippen LogP contribution < -0.4 is 5.32 Å². The third-order valence-corrected chi connectivity index (χ3v) is 2.20. The standard InChI is InChI=1S/C13H17NO4/c1-8(2)7-18-9(3)14-11-6-4-5-10(12(11)15)13(16)17/h4-6,9,14-15H,1,7H2,2-3H3,(H,16,17). The number of nitrogens with one attached hydrogen (secondary N) is 1. The lowest BCUT2D eigenvalue weighted by Crippen LogP contribution is -2.20. The van der Waals surface area contributed by atoms with Gasteiger partial charge in [0.25, 0.3) is 0 Å². The Balaban J connectivity index is 2.75. The van der Waals surface area contributed by atoms with Crippen LogP contribution in [0.15, 0.2) is 30.4 Å². The molecule has 0 heterocycles. The zero-order valence-electron chi connectivity index (χ0n) is 10.4. The fourth-order valence-electron chi connectivity index (χ4n) is 1.36. The van der Waals surface area contributed by atoms with Gasteiger partial charge in [-0.2, -0.15) is 0 Å². The molecular formula is C13H17NO4. The van der Waals surface area contributed by atoms with E-state index in [0.29, 0.717) is 12.3 Å². The molecule has 5 heteroatoms. The Labute approximate surface area is 106 Å². The molecule has 0 aromatic heterocycles. The van der Waals surface area contributed by atoms with Crippen LogP contribution in [0.1, 0.15) is 24.2 Å². The van der Waals surface area contributed by atoms with Gasteiger partial charge in [-0.15, -0.1) is 0 Å². The summed E-state index contributed by atoms with van der Waals surface area (Å²) in [7, 11) is 0. The normalized spacial score (nSPS) is 11.9. The van der Waals surface area contributed by atoms with E-state index in [0.717, 1.165) is 5.57 Å². The molecule has 0 amide bonds. The smallest absolute Gasteiger partial charge is 0.339 e. The highest BCUT2D eigenvalue weighted by atomic mass is 16.5. The maximum Gasteiger partial charge on any atom is 0.339 e. The van der Waals surface area contributed by atoms with Crippen molar-refractivity contribution in [2.45, 2.75) is 20.1 Å². The number of para-hydroxylation sites is 1. The molecule has 0 bridgehead atoms. The molecule has 0 fully saturated rings. The van der Waals surface area contributed by atoms with Gasteiger partial charge in [0, 0.05) is 0 Å². The molecule has 1 rings (SSSR count). The Bertz CT molecular complexity index is 456. The number of carbonyl (C=O) groups is 1. The molecule has 0 spiro atoms. The van der Waals surface area contributed by atoms with Crippen LogP contribution >= 0.6 is 0 Å². The maximum absolute atomic E-state index is 10.8. The zero-order valence-corrected chi connectivity index (χ0v) is 10.4. The Morgan fingerprint density at radius 2 is 2.22 bits per heavy atom. The van der Waals surface area contributed by atoms with E-state index in [4.69, 9.17) is 9.84 Å². The van der Waals surface area contributed by atoms with E-state index in [1.165, 1.54) is 6.07 Å². The lowest BCUT2D eigenvalue weighted by molar-refractivity contribution is 0.0693. The highest BCUT2D eigenvalue weighted by Crippen LogP contribution is 2.28. The van der Waals surface area contributed by atoms with Crippen LogP contribution in [0.2, 0.25) is 0 Å². The quantitative estimate of drug-likeness (QED) is 0.411. The fraction of sp³-hybridized carbons (Fsp3) is 0.308. The highest BCUT2D eigenvalue weighted by Gasteiger charge is 2.14. The molecular weight excluding hydrogens is 234 g/mol. The minimum atomic E-state index is -1.17. The van der Waals surface area contributed by atoms with Crippen LogP contribution in [-0.4, -0.2) is 29.0 Å². The second-order valence-corrected chi connectivity index (χ2v) is 4.06. The number of phenols is 1. The van der Waals surface area contributed by atoms with Gasteiger partial charge in [0.05, 0.1) is 12.3 Å². The van der Waals surface area contributed by atoms with E-state index in [-0.39, 0.29) is 17.5 Å². The molecule has 0 aliphatic heterocycles. The van der Waals surface area contributed by atoms with Crippen LogP contribution in [0.4, 0.5) is 5.69 Å². The Kier molecular flexibility index (Phi) is 4.74. The van der Waals surface area contributed by atoms with Gasteiger partial charge in [0.15, 0.2) is 5.75 Å². The average molecular weight is 251 g/mol. The number of carboxylic acids is 1. The molecule has 0 saturated carbocycles. The van der Waals surface area contributed by atoms with Crippen molar-refractivity contribution in [3.05, 3.63) is 35.9 Å². The van der Waals surface area contributed by atoms with Crippen LogP contribution in [-0.2, 0) is 4.74 Å². The number of hydrogen-bond donors (Lipinski definition) is 3. The third kappa shape index (κ3) is 3.78. The number of ether oxygens (including phenoxy) is 1. The number of aromatic carboxylic acids is 1. The summed E-state index contributed by atoms with van der Waals surface area (Å²) in [5, 5.41) is 21.5. The molecule has 18 heavy (non-hydrogen) atoms. The molecule has 1 aromatic carbocycles. The summed E-state index contributed by atoms with van der Waals surface area (Å²) in [6, 6.07) is 4.47. The number of aromatic hydroxyl groups is 1. The molecule has 0 saturated heterocycles. The minimum Gasteiger partial charge on any atom is -0.505 e. The number of carboxylic acid groups (broad SMARTS) is 1. The van der Waals surface area contributed by atoms with Gasteiger partial charge in [0.2, 0.25) is 0 Å². The lowest BCUT2D eigenvalue weighted by Gasteiger charge is -2.17. The van der Waals surface area contributed by atoms with Crippen molar-refractivity contribution in [3.8, 4) is 5.75 Å². The number of benzene rings is 1. The summed E-state index contributed by atoms with van der Waals surface area (Å²) in [6.07, 6.45) is -0.364. The van der Waals surface area contributed by atoms with E-state index >= 15 is 0 Å². The number of hydrogen-bond acceptors (Lipinski definition) is 4. The topological polar surface area (TPSA) is 78.8 Å². The zero-order chi connectivity index (χ0) is 13.7. The summed E-state index contributed by atoms with van der Waals surface area (Å²) >= 11 is 0. The third-order valence-electron chi connectivity index (χ3n) is 2.20. The number of rotatable bonds is 6. The molecule has 1 aromatic rings. The van der Waals surface area contributed by atoms with E-state index < -0.39 is 5.97 Å². The van der Waals surface area contributed by atoms with Crippen molar-refractivity contribution in [1.82, 2.24) is 0 Å². The van der Waals surface area contributed by atoms with Gasteiger partial charge < -0.3 is 20.3 Å². The lowest BCUT2D eigenvalue weighted by atomic mass is 10.1. The van der Waals surface area contributed by atoms with Gasteiger partial charge in [-0.25, -0.2) is 4.79 Å². The first-order chi connectivity index (χ1) is 8.41. The van der Waals surface area contributed by atoms with E-state index in [9.17, 15) is 9.90 Å². The molecule has 0 aliphatic carbocycles.